The Morgan fingerprint density at radius 1 is 0.762 bits per heavy atom. The summed E-state index contributed by atoms with van der Waals surface area (Å²) in [6, 6.07) is 12.0. The molecule has 1 aromatic carbocycles. The van der Waals surface area contributed by atoms with Gasteiger partial charge in [0.05, 0.1) is 0 Å². The van der Waals surface area contributed by atoms with Crippen molar-refractivity contribution in [1.82, 2.24) is 0 Å². The van der Waals surface area contributed by atoms with Crippen LogP contribution < -0.4 is 0 Å². The van der Waals surface area contributed by atoms with E-state index in [1.54, 1.807) is 0 Å². The lowest BCUT2D eigenvalue weighted by Gasteiger charge is -2.18. The van der Waals surface area contributed by atoms with Crippen LogP contribution in [-0.4, -0.2) is 6.21 Å². The van der Waals surface area contributed by atoms with E-state index in [9.17, 15) is 0 Å². The zero-order chi connectivity index (χ0) is 17.1. The van der Waals surface area contributed by atoms with E-state index >= 15 is 0 Å². The largest absolute Gasteiger partial charge is 0.308 e. The van der Waals surface area contributed by atoms with E-state index in [1.165, 1.54) is 6.21 Å². The fourth-order valence-electron chi connectivity index (χ4n) is 1.12. The molecule has 21 heavy (non-hydrogen) atoms. The van der Waals surface area contributed by atoms with Crippen LogP contribution in [0, 0.1) is 10.8 Å². The van der Waals surface area contributed by atoms with Crippen molar-refractivity contribution >= 4 is 6.21 Å². The summed E-state index contributed by atoms with van der Waals surface area (Å²) in [5, 5.41) is 7.02. The van der Waals surface area contributed by atoms with Crippen LogP contribution in [0.15, 0.2) is 60.2 Å². The van der Waals surface area contributed by atoms with Gasteiger partial charge < -0.3 is 5.41 Å². The number of rotatable bonds is 1. The van der Waals surface area contributed by atoms with Crippen LogP contribution >= 0.6 is 0 Å². The number of hydrogen-bond donors (Lipinski definition) is 1. The Morgan fingerprint density at radius 2 is 1.05 bits per heavy atom. The molecule has 0 saturated carbocycles. The lowest BCUT2D eigenvalue weighted by atomic mass is 9.87. The standard InChI is InChI=1S/C8H15N.C6H6.C4H8.C2H6/c1-5-7(6-9)8(2,3)4;1-2-4-6-5-3-1;1-3-4-2;1-2/h5-6,9H,1-4H3;1-6H;3-4H,1-2H3;1-2H3/b7-5+,9-6?;;;. The lowest BCUT2D eigenvalue weighted by molar-refractivity contribution is 0.525. The zero-order valence-electron chi connectivity index (χ0n) is 15.3. The summed E-state index contributed by atoms with van der Waals surface area (Å²) in [5.41, 5.74) is 1.22. The Balaban J connectivity index is -0.000000233. The van der Waals surface area contributed by atoms with Crippen molar-refractivity contribution in [2.45, 2.75) is 55.4 Å². The van der Waals surface area contributed by atoms with E-state index in [4.69, 9.17) is 5.41 Å². The van der Waals surface area contributed by atoms with E-state index in [2.05, 4.69) is 20.8 Å². The molecule has 0 aliphatic rings. The monoisotopic (exact) mass is 289 g/mol. The van der Waals surface area contributed by atoms with Crippen LogP contribution in [0.2, 0.25) is 0 Å². The smallest absolute Gasteiger partial charge is 0.0211 e. The van der Waals surface area contributed by atoms with Crippen molar-refractivity contribution in [1.29, 1.82) is 5.41 Å². The minimum Gasteiger partial charge on any atom is -0.308 e. The molecule has 0 heterocycles. The molecular formula is C20H35N. The van der Waals surface area contributed by atoms with Crippen molar-refractivity contribution in [3.8, 4) is 0 Å². The van der Waals surface area contributed by atoms with Crippen LogP contribution in [0.1, 0.15) is 55.4 Å². The topological polar surface area (TPSA) is 23.9 Å². The maximum Gasteiger partial charge on any atom is 0.0211 e. The second-order valence-corrected chi connectivity index (χ2v) is 4.96. The molecule has 0 radical (unpaired) electrons. The first-order chi connectivity index (χ1) is 9.93. The summed E-state index contributed by atoms with van der Waals surface area (Å²) in [5.74, 6) is 0. The van der Waals surface area contributed by atoms with Gasteiger partial charge in [0.25, 0.3) is 0 Å². The average Bonchev–Trinajstić information content (AvgIpc) is 2.52. The van der Waals surface area contributed by atoms with Crippen LogP contribution in [0.25, 0.3) is 0 Å². The molecule has 1 heteroatoms. The summed E-state index contributed by atoms with van der Waals surface area (Å²) in [7, 11) is 0. The Kier molecular flexibility index (Phi) is 21.3. The van der Waals surface area contributed by atoms with Gasteiger partial charge in [0, 0.05) is 6.21 Å². The third-order valence-corrected chi connectivity index (χ3v) is 2.33. The predicted octanol–water partition coefficient (Wildman–Crippen LogP) is 6.92. The Labute approximate surface area is 133 Å². The second-order valence-electron chi connectivity index (χ2n) is 4.96. The fraction of sp³-hybridized carbons (Fsp3) is 0.450. The van der Waals surface area contributed by atoms with Gasteiger partial charge in [-0.15, -0.1) is 0 Å². The minimum atomic E-state index is 0.135. The maximum atomic E-state index is 7.02. The average molecular weight is 290 g/mol. The molecule has 0 aliphatic carbocycles. The number of allylic oxidation sites excluding steroid dienone is 4. The SMILES string of the molecule is C/C=C(\C=N)C(C)(C)C.CC.CC=CC.c1ccccc1. The highest BCUT2D eigenvalue weighted by atomic mass is 14.4. The van der Waals surface area contributed by atoms with Crippen molar-refractivity contribution in [3.05, 3.63) is 60.2 Å². The van der Waals surface area contributed by atoms with Crippen molar-refractivity contribution < 1.29 is 0 Å². The van der Waals surface area contributed by atoms with Gasteiger partial charge in [-0.1, -0.05) is 89.2 Å². The van der Waals surface area contributed by atoms with Crippen LogP contribution in [0.5, 0.6) is 0 Å². The molecule has 1 rings (SSSR count). The fourth-order valence-corrected chi connectivity index (χ4v) is 1.12. The van der Waals surface area contributed by atoms with Crippen LogP contribution in [0.3, 0.4) is 0 Å². The highest BCUT2D eigenvalue weighted by Crippen LogP contribution is 2.22. The molecule has 1 aromatic rings. The summed E-state index contributed by atoms with van der Waals surface area (Å²) in [6.45, 7) is 16.3. The first kappa shape index (κ1) is 24.4. The van der Waals surface area contributed by atoms with Gasteiger partial charge in [-0.05, 0) is 31.8 Å². The summed E-state index contributed by atoms with van der Waals surface area (Å²) >= 11 is 0. The first-order valence-corrected chi connectivity index (χ1v) is 7.68. The number of benzene rings is 1. The molecule has 0 unspecified atom stereocenters. The number of nitrogens with one attached hydrogen (secondary N) is 1. The summed E-state index contributed by atoms with van der Waals surface area (Å²) < 4.78 is 0. The quantitative estimate of drug-likeness (QED) is 0.428. The van der Waals surface area contributed by atoms with Crippen LogP contribution in [-0.2, 0) is 0 Å². The molecule has 0 fully saturated rings. The zero-order valence-corrected chi connectivity index (χ0v) is 15.3. The molecule has 0 atom stereocenters. The highest BCUT2D eigenvalue weighted by molar-refractivity contribution is 5.77. The molecule has 0 spiro atoms. The predicted molar refractivity (Wildman–Crippen MR) is 100 cm³/mol. The number of hydrogen-bond acceptors (Lipinski definition) is 1. The van der Waals surface area contributed by atoms with Gasteiger partial charge >= 0.3 is 0 Å². The van der Waals surface area contributed by atoms with E-state index in [0.29, 0.717) is 0 Å². The third kappa shape index (κ3) is 20.8. The summed E-state index contributed by atoms with van der Waals surface area (Å²) in [4.78, 5) is 0. The first-order valence-electron chi connectivity index (χ1n) is 7.68. The maximum absolute atomic E-state index is 7.02. The molecule has 0 saturated heterocycles. The molecular weight excluding hydrogens is 254 g/mol. The van der Waals surface area contributed by atoms with Gasteiger partial charge in [0.15, 0.2) is 0 Å². The van der Waals surface area contributed by atoms with Gasteiger partial charge in [-0.2, -0.15) is 0 Å². The van der Waals surface area contributed by atoms with E-state index < -0.39 is 0 Å². The molecule has 0 bridgehead atoms. The minimum absolute atomic E-state index is 0.135. The van der Waals surface area contributed by atoms with Crippen LogP contribution in [0.4, 0.5) is 0 Å². The van der Waals surface area contributed by atoms with E-state index in [1.807, 2.05) is 89.2 Å². The molecule has 0 aliphatic heterocycles. The molecule has 1 nitrogen and oxygen atoms in total. The van der Waals surface area contributed by atoms with Gasteiger partial charge in [-0.25, -0.2) is 0 Å². The Morgan fingerprint density at radius 3 is 1.10 bits per heavy atom. The van der Waals surface area contributed by atoms with Gasteiger partial charge in [-0.3, -0.25) is 0 Å². The Bertz CT molecular complexity index is 322. The second kappa shape index (κ2) is 18.4. The third-order valence-electron chi connectivity index (χ3n) is 2.33. The summed E-state index contributed by atoms with van der Waals surface area (Å²) in [6.07, 6.45) is 7.40. The van der Waals surface area contributed by atoms with Crippen molar-refractivity contribution in [2.24, 2.45) is 5.41 Å². The van der Waals surface area contributed by atoms with Gasteiger partial charge in [0.1, 0.15) is 0 Å². The van der Waals surface area contributed by atoms with E-state index in [0.717, 1.165) is 5.57 Å². The van der Waals surface area contributed by atoms with Gasteiger partial charge in [0.2, 0.25) is 0 Å². The Hall–Kier alpha value is -1.63. The molecule has 1 N–H and O–H groups in total. The molecule has 0 aromatic heterocycles. The lowest BCUT2D eigenvalue weighted by Crippen LogP contribution is -2.09. The highest BCUT2D eigenvalue weighted by Gasteiger charge is 2.12. The van der Waals surface area contributed by atoms with Crippen molar-refractivity contribution in [2.75, 3.05) is 0 Å². The molecule has 0 amide bonds. The molecule has 120 valence electrons. The van der Waals surface area contributed by atoms with E-state index in [-0.39, 0.29) is 5.41 Å². The normalized spacial score (nSPS) is 10.2. The van der Waals surface area contributed by atoms with Crippen molar-refractivity contribution in [3.63, 3.8) is 0 Å².